The second-order valence-corrected chi connectivity index (χ2v) is 10.2. The van der Waals surface area contributed by atoms with Gasteiger partial charge in [-0.1, -0.05) is 47.5 Å². The van der Waals surface area contributed by atoms with Gasteiger partial charge in [0.2, 0.25) is 10.0 Å². The first-order chi connectivity index (χ1) is 15.3. The Morgan fingerprint density at radius 2 is 1.75 bits per heavy atom. The number of hydrogen-bond donors (Lipinski definition) is 1. The molecule has 0 bridgehead atoms. The summed E-state index contributed by atoms with van der Waals surface area (Å²) in [4.78, 5) is 15.0. The van der Waals surface area contributed by atoms with Gasteiger partial charge in [0.05, 0.1) is 22.5 Å². The molecule has 32 heavy (non-hydrogen) atoms. The van der Waals surface area contributed by atoms with Crippen LogP contribution in [0.15, 0.2) is 64.4 Å². The number of piperidine rings is 1. The molecule has 2 aromatic carbocycles. The van der Waals surface area contributed by atoms with Gasteiger partial charge in [-0.15, -0.1) is 0 Å². The molecule has 1 aliphatic heterocycles. The summed E-state index contributed by atoms with van der Waals surface area (Å²) in [5.41, 5.74) is 1.54. The fourth-order valence-corrected chi connectivity index (χ4v) is 5.42. The lowest BCUT2D eigenvalue weighted by Crippen LogP contribution is -2.45. The van der Waals surface area contributed by atoms with Crippen molar-refractivity contribution in [1.82, 2.24) is 14.5 Å². The lowest BCUT2D eigenvalue weighted by molar-refractivity contribution is 0.459. The maximum atomic E-state index is 12.8. The van der Waals surface area contributed by atoms with Crippen LogP contribution >= 0.6 is 23.2 Å². The Labute approximate surface area is 196 Å². The number of rotatable bonds is 5. The van der Waals surface area contributed by atoms with Crippen molar-refractivity contribution in [3.63, 3.8) is 0 Å². The van der Waals surface area contributed by atoms with Crippen molar-refractivity contribution >= 4 is 38.9 Å². The van der Waals surface area contributed by atoms with Gasteiger partial charge in [-0.3, -0.25) is 4.79 Å². The Bertz CT molecular complexity index is 1290. The molecule has 0 aliphatic carbocycles. The van der Waals surface area contributed by atoms with E-state index in [1.54, 1.807) is 48.7 Å². The van der Waals surface area contributed by atoms with Crippen LogP contribution in [0.3, 0.4) is 0 Å². The van der Waals surface area contributed by atoms with E-state index in [1.807, 2.05) is 17.9 Å². The van der Waals surface area contributed by atoms with Crippen molar-refractivity contribution in [1.29, 1.82) is 0 Å². The smallest absolute Gasteiger partial charge is 0.292 e. The molecule has 0 saturated carbocycles. The van der Waals surface area contributed by atoms with E-state index in [0.717, 1.165) is 5.56 Å². The zero-order chi connectivity index (χ0) is 22.9. The molecule has 1 aromatic heterocycles. The van der Waals surface area contributed by atoms with Gasteiger partial charge < -0.3 is 4.90 Å². The van der Waals surface area contributed by atoms with Crippen molar-refractivity contribution < 1.29 is 8.42 Å². The zero-order valence-corrected chi connectivity index (χ0v) is 19.7. The van der Waals surface area contributed by atoms with Crippen molar-refractivity contribution in [2.75, 3.05) is 18.0 Å². The number of anilines is 1. The third kappa shape index (κ3) is 4.68. The average Bonchev–Trinajstić information content (AvgIpc) is 2.79. The Hall–Kier alpha value is -2.39. The molecule has 1 saturated heterocycles. The third-order valence-electron chi connectivity index (χ3n) is 5.51. The number of benzene rings is 2. The van der Waals surface area contributed by atoms with Gasteiger partial charge in [0.15, 0.2) is 0 Å². The van der Waals surface area contributed by atoms with Gasteiger partial charge in [-0.2, -0.15) is 9.78 Å². The van der Waals surface area contributed by atoms with E-state index >= 15 is 0 Å². The van der Waals surface area contributed by atoms with Gasteiger partial charge >= 0.3 is 0 Å². The number of nitrogens with one attached hydrogen (secondary N) is 1. The monoisotopic (exact) mass is 492 g/mol. The molecule has 1 N–H and O–H groups in total. The molecule has 0 unspecified atom stereocenters. The van der Waals surface area contributed by atoms with E-state index < -0.39 is 15.6 Å². The van der Waals surface area contributed by atoms with E-state index in [1.165, 1.54) is 4.68 Å². The Balaban J connectivity index is 1.47. The molecule has 0 radical (unpaired) electrons. The van der Waals surface area contributed by atoms with Crippen LogP contribution in [-0.2, 0) is 10.0 Å². The van der Waals surface area contributed by atoms with E-state index in [-0.39, 0.29) is 16.0 Å². The predicted molar refractivity (Wildman–Crippen MR) is 127 cm³/mol. The second-order valence-electron chi connectivity index (χ2n) is 7.69. The number of halogens is 2. The molecular weight excluding hydrogens is 471 g/mol. The minimum Gasteiger partial charge on any atom is -0.369 e. The summed E-state index contributed by atoms with van der Waals surface area (Å²) in [6.45, 7) is 2.97. The summed E-state index contributed by atoms with van der Waals surface area (Å²) in [6.07, 6.45) is 2.73. The molecule has 0 amide bonds. The maximum Gasteiger partial charge on any atom is 0.292 e. The first kappa shape index (κ1) is 22.8. The lowest BCUT2D eigenvalue weighted by Gasteiger charge is -2.34. The number of aromatic nitrogens is 2. The molecule has 1 aliphatic rings. The van der Waals surface area contributed by atoms with Gasteiger partial charge in [-0.25, -0.2) is 13.1 Å². The molecule has 10 heteroatoms. The highest BCUT2D eigenvalue weighted by molar-refractivity contribution is 7.89. The number of sulfonamides is 1. The van der Waals surface area contributed by atoms with Gasteiger partial charge in [0, 0.05) is 24.2 Å². The normalized spacial score (nSPS) is 15.2. The average molecular weight is 493 g/mol. The van der Waals surface area contributed by atoms with Crippen LogP contribution in [0.2, 0.25) is 10.0 Å². The summed E-state index contributed by atoms with van der Waals surface area (Å²) >= 11 is 12.6. The predicted octanol–water partition coefficient (Wildman–Crippen LogP) is 3.80. The van der Waals surface area contributed by atoms with Crippen LogP contribution in [0.4, 0.5) is 5.69 Å². The molecule has 2 heterocycles. The first-order valence-electron chi connectivity index (χ1n) is 10.1. The maximum absolute atomic E-state index is 12.8. The molecule has 0 spiro atoms. The summed E-state index contributed by atoms with van der Waals surface area (Å²) in [6, 6.07) is 13.3. The van der Waals surface area contributed by atoms with Gasteiger partial charge in [0.25, 0.3) is 5.56 Å². The number of nitrogens with zero attached hydrogens (tertiary/aromatic N) is 3. The van der Waals surface area contributed by atoms with E-state index in [9.17, 15) is 13.2 Å². The van der Waals surface area contributed by atoms with Gasteiger partial charge in [-0.05, 0) is 49.6 Å². The minimum absolute atomic E-state index is 0.0695. The van der Waals surface area contributed by atoms with E-state index in [0.29, 0.717) is 42.3 Å². The number of hydrogen-bond acceptors (Lipinski definition) is 5. The molecule has 1 fully saturated rings. The fourth-order valence-electron chi connectivity index (χ4n) is 3.67. The highest BCUT2D eigenvalue weighted by Gasteiger charge is 2.26. The van der Waals surface area contributed by atoms with Crippen LogP contribution in [0.25, 0.3) is 5.69 Å². The van der Waals surface area contributed by atoms with Crippen molar-refractivity contribution in [3.8, 4) is 5.69 Å². The van der Waals surface area contributed by atoms with Gasteiger partial charge in [0.1, 0.15) is 5.02 Å². The molecule has 7 nitrogen and oxygen atoms in total. The van der Waals surface area contributed by atoms with Crippen molar-refractivity contribution in [2.24, 2.45) is 0 Å². The first-order valence-corrected chi connectivity index (χ1v) is 12.4. The van der Waals surface area contributed by atoms with Crippen LogP contribution in [0, 0.1) is 6.92 Å². The van der Waals surface area contributed by atoms with Crippen molar-refractivity contribution in [3.05, 3.63) is 80.7 Å². The van der Waals surface area contributed by atoms with Crippen LogP contribution < -0.4 is 15.2 Å². The zero-order valence-electron chi connectivity index (χ0n) is 17.3. The Morgan fingerprint density at radius 3 is 2.41 bits per heavy atom. The number of aryl methyl sites for hydroxylation is 1. The molecule has 0 atom stereocenters. The van der Waals surface area contributed by atoms with Crippen LogP contribution in [0.1, 0.15) is 18.4 Å². The summed E-state index contributed by atoms with van der Waals surface area (Å²) in [5, 5.41) is 4.89. The molecule has 3 aromatic rings. The highest BCUT2D eigenvalue weighted by atomic mass is 35.5. The second kappa shape index (κ2) is 9.23. The fraction of sp³-hybridized carbons (Fsp3) is 0.273. The van der Waals surface area contributed by atoms with Crippen LogP contribution in [-0.4, -0.2) is 37.3 Å². The van der Waals surface area contributed by atoms with E-state index in [4.69, 9.17) is 23.2 Å². The summed E-state index contributed by atoms with van der Waals surface area (Å²) < 4.78 is 29.1. The quantitative estimate of drug-likeness (QED) is 0.585. The largest absolute Gasteiger partial charge is 0.369 e. The summed E-state index contributed by atoms with van der Waals surface area (Å²) in [5.74, 6) is 0. The molecule has 168 valence electrons. The SMILES string of the molecule is Cc1ccc(-n2ncc(N3CCC(NS(=O)(=O)c4ccccc4)CC3)c(Cl)c2=O)cc1Cl. The third-order valence-corrected chi connectivity index (χ3v) is 7.81. The standard InChI is InChI=1S/C22H22Cl2N4O3S/c1-15-7-8-17(13-19(15)23)28-22(29)21(24)20(14-25-28)27-11-9-16(10-12-27)26-32(30,31)18-5-3-2-4-6-18/h2-8,13-14,16,26H,9-12H2,1H3. The molecule has 4 rings (SSSR count). The minimum atomic E-state index is -3.57. The Kier molecular flexibility index (Phi) is 6.57. The van der Waals surface area contributed by atoms with E-state index in [2.05, 4.69) is 9.82 Å². The van der Waals surface area contributed by atoms with Crippen LogP contribution in [0.5, 0.6) is 0 Å². The Morgan fingerprint density at radius 1 is 1.06 bits per heavy atom. The highest BCUT2D eigenvalue weighted by Crippen LogP contribution is 2.26. The summed E-state index contributed by atoms with van der Waals surface area (Å²) in [7, 11) is -3.57. The van der Waals surface area contributed by atoms with Crippen molar-refractivity contribution in [2.45, 2.75) is 30.7 Å². The topological polar surface area (TPSA) is 84.3 Å². The lowest BCUT2D eigenvalue weighted by atomic mass is 10.1. The molecular formula is C22H22Cl2N4O3S.